The maximum Gasteiger partial charge on any atom is 0.277 e. The van der Waals surface area contributed by atoms with Crippen molar-refractivity contribution in [1.82, 2.24) is 14.5 Å². The van der Waals surface area contributed by atoms with Crippen LogP contribution in [0, 0.1) is 0 Å². The Kier molecular flexibility index (Phi) is 3.43. The van der Waals surface area contributed by atoms with Gasteiger partial charge in [0.15, 0.2) is 0 Å². The number of nitrogens with one attached hydrogen (secondary N) is 1. The molecule has 5 nitrogen and oxygen atoms in total. The predicted octanol–water partition coefficient (Wildman–Crippen LogP) is 4.03. The van der Waals surface area contributed by atoms with E-state index in [1.54, 1.807) is 18.3 Å². The number of aromatic nitrogens is 3. The second-order valence-corrected chi connectivity index (χ2v) is 5.90. The van der Waals surface area contributed by atoms with E-state index in [2.05, 4.69) is 15.3 Å². The van der Waals surface area contributed by atoms with E-state index in [4.69, 9.17) is 11.6 Å². The van der Waals surface area contributed by atoms with E-state index in [0.717, 1.165) is 21.8 Å². The fraction of sp³-hybridized carbons (Fsp3) is 0.0556. The Hall–Kier alpha value is -2.92. The van der Waals surface area contributed by atoms with Crippen molar-refractivity contribution in [2.75, 3.05) is 5.32 Å². The van der Waals surface area contributed by atoms with Gasteiger partial charge in [0.25, 0.3) is 5.91 Å². The second kappa shape index (κ2) is 5.62. The number of hydrogen-bond donors (Lipinski definition) is 1. The van der Waals surface area contributed by atoms with Crippen molar-refractivity contribution in [3.63, 3.8) is 0 Å². The lowest BCUT2D eigenvalue weighted by molar-refractivity contribution is 0.102. The molecular weight excluding hydrogens is 324 g/mol. The summed E-state index contributed by atoms with van der Waals surface area (Å²) < 4.78 is 1.81. The third-order valence-electron chi connectivity index (χ3n) is 3.96. The van der Waals surface area contributed by atoms with Crippen LogP contribution in [0.1, 0.15) is 10.5 Å². The summed E-state index contributed by atoms with van der Waals surface area (Å²) in [6, 6.07) is 15.0. The molecule has 4 rings (SSSR count). The quantitative estimate of drug-likeness (QED) is 0.601. The molecule has 0 saturated heterocycles. The maximum atomic E-state index is 12.7. The first-order valence-electron chi connectivity index (χ1n) is 7.40. The molecule has 0 saturated carbocycles. The lowest BCUT2D eigenvalue weighted by Crippen LogP contribution is -2.16. The summed E-state index contributed by atoms with van der Waals surface area (Å²) >= 11 is 6.00. The van der Waals surface area contributed by atoms with Crippen molar-refractivity contribution in [3.8, 4) is 0 Å². The van der Waals surface area contributed by atoms with Gasteiger partial charge in [-0.25, -0.2) is 4.98 Å². The van der Waals surface area contributed by atoms with Gasteiger partial charge in [-0.05, 0) is 29.7 Å². The number of amides is 1. The summed E-state index contributed by atoms with van der Waals surface area (Å²) in [5, 5.41) is 5.21. The van der Waals surface area contributed by atoms with Gasteiger partial charge < -0.3 is 4.57 Å². The van der Waals surface area contributed by atoms with Gasteiger partial charge in [-0.15, -0.1) is 0 Å². The molecule has 0 spiro atoms. The summed E-state index contributed by atoms with van der Waals surface area (Å²) in [4.78, 5) is 21.3. The Labute approximate surface area is 142 Å². The van der Waals surface area contributed by atoms with Gasteiger partial charge in [-0.2, -0.15) is 0 Å². The molecule has 0 atom stereocenters. The highest BCUT2D eigenvalue weighted by atomic mass is 35.5. The number of benzene rings is 2. The van der Waals surface area contributed by atoms with E-state index in [0.29, 0.717) is 16.7 Å². The minimum Gasteiger partial charge on any atom is -0.313 e. The van der Waals surface area contributed by atoms with Crippen LogP contribution in [0.25, 0.3) is 21.8 Å². The first-order valence-corrected chi connectivity index (χ1v) is 7.78. The van der Waals surface area contributed by atoms with Crippen LogP contribution in [0.15, 0.2) is 54.7 Å². The smallest absolute Gasteiger partial charge is 0.277 e. The van der Waals surface area contributed by atoms with Crippen molar-refractivity contribution < 1.29 is 4.79 Å². The van der Waals surface area contributed by atoms with Crippen molar-refractivity contribution in [2.45, 2.75) is 0 Å². The summed E-state index contributed by atoms with van der Waals surface area (Å²) in [6.07, 6.45) is 1.63. The number of halogens is 1. The van der Waals surface area contributed by atoms with Crippen LogP contribution in [-0.2, 0) is 7.05 Å². The van der Waals surface area contributed by atoms with E-state index < -0.39 is 0 Å². The van der Waals surface area contributed by atoms with Crippen molar-refractivity contribution >= 4 is 45.3 Å². The first kappa shape index (κ1) is 14.7. The molecule has 4 aromatic rings. The number of anilines is 1. The second-order valence-electron chi connectivity index (χ2n) is 5.46. The number of aryl methyl sites for hydroxylation is 1. The molecule has 2 aromatic carbocycles. The minimum absolute atomic E-state index is 0.295. The zero-order valence-electron chi connectivity index (χ0n) is 12.8. The summed E-state index contributed by atoms with van der Waals surface area (Å²) in [5.41, 5.74) is 1.99. The Morgan fingerprint density at radius 3 is 2.88 bits per heavy atom. The number of imidazole rings is 1. The zero-order chi connectivity index (χ0) is 16.7. The fourth-order valence-electron chi connectivity index (χ4n) is 2.75. The van der Waals surface area contributed by atoms with Crippen molar-refractivity contribution in [1.29, 1.82) is 0 Å². The number of nitrogens with zero attached hydrogens (tertiary/aromatic N) is 3. The Morgan fingerprint density at radius 1 is 1.17 bits per heavy atom. The van der Waals surface area contributed by atoms with E-state index in [1.165, 1.54) is 0 Å². The third kappa shape index (κ3) is 2.39. The van der Waals surface area contributed by atoms with Gasteiger partial charge in [0, 0.05) is 23.7 Å². The third-order valence-corrected chi connectivity index (χ3v) is 4.19. The van der Waals surface area contributed by atoms with Crippen LogP contribution in [0.3, 0.4) is 0 Å². The Balaban J connectivity index is 1.75. The molecule has 0 aliphatic rings. The van der Waals surface area contributed by atoms with E-state index >= 15 is 0 Å². The molecule has 24 heavy (non-hydrogen) atoms. The monoisotopic (exact) mass is 336 g/mol. The van der Waals surface area contributed by atoms with E-state index in [-0.39, 0.29) is 5.91 Å². The van der Waals surface area contributed by atoms with Crippen LogP contribution in [-0.4, -0.2) is 20.4 Å². The normalized spacial score (nSPS) is 11.1. The lowest BCUT2D eigenvalue weighted by Gasteiger charge is -2.07. The highest BCUT2D eigenvalue weighted by molar-refractivity contribution is 6.31. The van der Waals surface area contributed by atoms with Gasteiger partial charge in [-0.1, -0.05) is 35.9 Å². The Morgan fingerprint density at radius 2 is 2.00 bits per heavy atom. The fourth-order valence-corrected chi connectivity index (χ4v) is 2.91. The SMILES string of the molecule is Cn1c(NC(=O)c2nccc3ccccc23)nc2cc(Cl)ccc21. The standard InChI is InChI=1S/C18H13ClN4O/c1-23-15-7-6-12(19)10-14(15)21-18(23)22-17(24)16-13-5-3-2-4-11(13)8-9-20-16/h2-10H,1H3,(H,21,22,24). The van der Waals surface area contributed by atoms with Crippen molar-refractivity contribution in [3.05, 3.63) is 65.4 Å². The van der Waals surface area contributed by atoms with Gasteiger partial charge in [-0.3, -0.25) is 15.1 Å². The number of hydrogen-bond acceptors (Lipinski definition) is 3. The van der Waals surface area contributed by atoms with Crippen LogP contribution < -0.4 is 5.32 Å². The molecule has 0 fully saturated rings. The number of rotatable bonds is 2. The molecule has 0 aliphatic carbocycles. The minimum atomic E-state index is -0.295. The van der Waals surface area contributed by atoms with Gasteiger partial charge in [0.1, 0.15) is 5.69 Å². The molecule has 0 aliphatic heterocycles. The molecule has 0 unspecified atom stereocenters. The van der Waals surface area contributed by atoms with Crippen LogP contribution >= 0.6 is 11.6 Å². The summed E-state index contributed by atoms with van der Waals surface area (Å²) in [5.74, 6) is 0.156. The molecule has 2 heterocycles. The van der Waals surface area contributed by atoms with Crippen LogP contribution in [0.4, 0.5) is 5.95 Å². The van der Waals surface area contributed by atoms with E-state index in [9.17, 15) is 4.79 Å². The molecular formula is C18H13ClN4O. The molecule has 2 aromatic heterocycles. The Bertz CT molecular complexity index is 1080. The number of pyridine rings is 1. The lowest BCUT2D eigenvalue weighted by atomic mass is 10.1. The topological polar surface area (TPSA) is 59.8 Å². The molecule has 1 N–H and O–H groups in total. The molecule has 0 radical (unpaired) electrons. The molecule has 118 valence electrons. The van der Waals surface area contributed by atoms with Crippen LogP contribution in [0.2, 0.25) is 5.02 Å². The summed E-state index contributed by atoms with van der Waals surface area (Å²) in [7, 11) is 1.84. The number of fused-ring (bicyclic) bond motifs is 2. The predicted molar refractivity (Wildman–Crippen MR) is 95.4 cm³/mol. The molecule has 6 heteroatoms. The maximum absolute atomic E-state index is 12.7. The zero-order valence-corrected chi connectivity index (χ0v) is 13.6. The highest BCUT2D eigenvalue weighted by Gasteiger charge is 2.15. The van der Waals surface area contributed by atoms with E-state index in [1.807, 2.05) is 48.0 Å². The largest absolute Gasteiger partial charge is 0.313 e. The first-order chi connectivity index (χ1) is 11.6. The summed E-state index contributed by atoms with van der Waals surface area (Å²) in [6.45, 7) is 0. The average molecular weight is 337 g/mol. The average Bonchev–Trinajstić information content (AvgIpc) is 2.89. The number of carbonyl (C=O) groups excluding carboxylic acids is 1. The van der Waals surface area contributed by atoms with Gasteiger partial charge in [0.2, 0.25) is 5.95 Å². The molecule has 1 amide bonds. The highest BCUT2D eigenvalue weighted by Crippen LogP contribution is 2.23. The van der Waals surface area contributed by atoms with Crippen LogP contribution in [0.5, 0.6) is 0 Å². The van der Waals surface area contributed by atoms with Gasteiger partial charge >= 0.3 is 0 Å². The van der Waals surface area contributed by atoms with Gasteiger partial charge in [0.05, 0.1) is 11.0 Å². The number of carbonyl (C=O) groups is 1. The van der Waals surface area contributed by atoms with Crippen molar-refractivity contribution in [2.24, 2.45) is 7.05 Å². The molecule has 0 bridgehead atoms.